The molecule has 5 nitrogen and oxygen atoms in total. The fourth-order valence-corrected chi connectivity index (χ4v) is 1.84. The first-order chi connectivity index (χ1) is 7.43. The predicted octanol–water partition coefficient (Wildman–Crippen LogP) is 0.621. The summed E-state index contributed by atoms with van der Waals surface area (Å²) in [6.07, 6.45) is 2.43. The lowest BCUT2D eigenvalue weighted by molar-refractivity contribution is -0.142. The molecule has 0 aliphatic heterocycles. The molecule has 16 heavy (non-hydrogen) atoms. The van der Waals surface area contributed by atoms with Crippen LogP contribution in [-0.4, -0.2) is 21.0 Å². The van der Waals surface area contributed by atoms with Crippen molar-refractivity contribution in [3.05, 3.63) is 27.4 Å². The number of hydrogen-bond donors (Lipinski definition) is 2. The van der Waals surface area contributed by atoms with Gasteiger partial charge in [0.2, 0.25) is 0 Å². The van der Waals surface area contributed by atoms with Gasteiger partial charge in [-0.3, -0.25) is 9.59 Å². The summed E-state index contributed by atoms with van der Waals surface area (Å²) in [7, 11) is 0. The van der Waals surface area contributed by atoms with Crippen molar-refractivity contribution >= 4 is 5.97 Å². The second kappa shape index (κ2) is 3.43. The number of nitrogens with zero attached hydrogens (tertiary/aromatic N) is 1. The van der Waals surface area contributed by atoms with Gasteiger partial charge >= 0.3 is 5.97 Å². The van der Waals surface area contributed by atoms with Crippen molar-refractivity contribution in [3.63, 3.8) is 0 Å². The van der Waals surface area contributed by atoms with E-state index in [1.54, 1.807) is 0 Å². The molecule has 0 radical (unpaired) electrons. The lowest BCUT2D eigenvalue weighted by Crippen LogP contribution is -2.34. The number of aryl methyl sites for hydroxylation is 1. The largest absolute Gasteiger partial charge is 0.481 e. The highest BCUT2D eigenvalue weighted by Gasteiger charge is 2.33. The van der Waals surface area contributed by atoms with E-state index < -0.39 is 11.4 Å². The number of rotatable bonds is 2. The average molecular weight is 222 g/mol. The molecule has 86 valence electrons. The Kier molecular flexibility index (Phi) is 2.33. The number of fused-ring (bicyclic) bond motifs is 1. The standard InChI is InChI=1S/C11H14N2O3/c1-11(2,10(15)16)9-12-7-5-3-4-6(7)8(14)13-9/h3-5H2,1-2H3,(H,15,16)(H,12,13,14). The summed E-state index contributed by atoms with van der Waals surface area (Å²) in [4.78, 5) is 29.6. The van der Waals surface area contributed by atoms with E-state index in [1.165, 1.54) is 13.8 Å². The number of carbonyl (C=O) groups is 1. The molecule has 1 aliphatic rings. The van der Waals surface area contributed by atoms with E-state index >= 15 is 0 Å². The summed E-state index contributed by atoms with van der Waals surface area (Å²) in [6, 6.07) is 0. The van der Waals surface area contributed by atoms with Gasteiger partial charge in [0.1, 0.15) is 11.2 Å². The van der Waals surface area contributed by atoms with Gasteiger partial charge in [0.15, 0.2) is 0 Å². The van der Waals surface area contributed by atoms with Gasteiger partial charge in [0.05, 0.1) is 5.69 Å². The van der Waals surface area contributed by atoms with E-state index in [1.807, 2.05) is 0 Å². The van der Waals surface area contributed by atoms with E-state index in [4.69, 9.17) is 5.11 Å². The molecule has 1 heterocycles. The molecule has 0 fully saturated rings. The van der Waals surface area contributed by atoms with Crippen LogP contribution >= 0.6 is 0 Å². The van der Waals surface area contributed by atoms with E-state index in [0.29, 0.717) is 5.56 Å². The molecule has 0 atom stereocenters. The lowest BCUT2D eigenvalue weighted by Gasteiger charge is -2.18. The monoisotopic (exact) mass is 222 g/mol. The van der Waals surface area contributed by atoms with E-state index in [-0.39, 0.29) is 11.4 Å². The van der Waals surface area contributed by atoms with Gasteiger partial charge in [-0.1, -0.05) is 0 Å². The molecular weight excluding hydrogens is 208 g/mol. The van der Waals surface area contributed by atoms with Gasteiger partial charge in [-0.05, 0) is 33.1 Å². The first-order valence-electron chi connectivity index (χ1n) is 5.29. The van der Waals surface area contributed by atoms with Crippen molar-refractivity contribution in [2.24, 2.45) is 0 Å². The Labute approximate surface area is 92.5 Å². The van der Waals surface area contributed by atoms with Gasteiger partial charge in [-0.15, -0.1) is 0 Å². The van der Waals surface area contributed by atoms with Crippen LogP contribution in [0.1, 0.15) is 37.4 Å². The zero-order valence-corrected chi connectivity index (χ0v) is 9.33. The van der Waals surface area contributed by atoms with Gasteiger partial charge in [-0.2, -0.15) is 0 Å². The number of aromatic nitrogens is 2. The summed E-state index contributed by atoms with van der Waals surface area (Å²) in [5, 5.41) is 9.07. The maximum atomic E-state index is 11.7. The minimum absolute atomic E-state index is 0.188. The summed E-state index contributed by atoms with van der Waals surface area (Å²) >= 11 is 0. The average Bonchev–Trinajstić information content (AvgIpc) is 2.65. The highest BCUT2D eigenvalue weighted by atomic mass is 16.4. The van der Waals surface area contributed by atoms with Crippen LogP contribution in [0.2, 0.25) is 0 Å². The van der Waals surface area contributed by atoms with E-state index in [9.17, 15) is 9.59 Å². The Bertz CT molecular complexity index is 502. The number of carboxylic acid groups (broad SMARTS) is 1. The first-order valence-corrected chi connectivity index (χ1v) is 5.29. The topological polar surface area (TPSA) is 83.0 Å². The van der Waals surface area contributed by atoms with Crippen molar-refractivity contribution in [2.45, 2.75) is 38.5 Å². The Morgan fingerprint density at radius 3 is 2.75 bits per heavy atom. The van der Waals surface area contributed by atoms with E-state index in [2.05, 4.69) is 9.97 Å². The Balaban J connectivity index is 2.57. The van der Waals surface area contributed by atoms with Crippen LogP contribution < -0.4 is 5.56 Å². The first kappa shape index (κ1) is 10.9. The minimum Gasteiger partial charge on any atom is -0.481 e. The molecule has 5 heteroatoms. The summed E-state index contributed by atoms with van der Waals surface area (Å²) in [6.45, 7) is 3.07. The molecule has 0 amide bonds. The number of aliphatic carboxylic acids is 1. The predicted molar refractivity (Wildman–Crippen MR) is 57.5 cm³/mol. The third-order valence-corrected chi connectivity index (χ3v) is 3.07. The number of nitrogens with one attached hydrogen (secondary N) is 1. The smallest absolute Gasteiger partial charge is 0.316 e. The van der Waals surface area contributed by atoms with Crippen LogP contribution in [0.5, 0.6) is 0 Å². The Hall–Kier alpha value is -1.65. The molecule has 0 bridgehead atoms. The SMILES string of the molecule is CC(C)(C(=O)O)c1nc2c(c(=O)[nH]1)CCC2. The number of H-pyrrole nitrogens is 1. The van der Waals surface area contributed by atoms with Crippen LogP contribution in [0, 0.1) is 0 Å². The van der Waals surface area contributed by atoms with Crippen molar-refractivity contribution < 1.29 is 9.90 Å². The molecular formula is C11H14N2O3. The molecule has 2 rings (SSSR count). The van der Waals surface area contributed by atoms with Crippen LogP contribution in [0.4, 0.5) is 0 Å². The maximum Gasteiger partial charge on any atom is 0.316 e. The van der Waals surface area contributed by atoms with Gasteiger partial charge in [0, 0.05) is 5.56 Å². The number of hydrogen-bond acceptors (Lipinski definition) is 3. The summed E-state index contributed by atoms with van der Waals surface area (Å²) in [5.41, 5.74) is 0.126. The maximum absolute atomic E-state index is 11.7. The second-order valence-electron chi connectivity index (χ2n) is 4.62. The molecule has 0 saturated carbocycles. The van der Waals surface area contributed by atoms with Gasteiger partial charge < -0.3 is 10.1 Å². The number of aromatic amines is 1. The number of carboxylic acids is 1. The van der Waals surface area contributed by atoms with Gasteiger partial charge in [-0.25, -0.2) is 4.98 Å². The Morgan fingerprint density at radius 2 is 2.12 bits per heavy atom. The van der Waals surface area contributed by atoms with Gasteiger partial charge in [0.25, 0.3) is 5.56 Å². The highest BCUT2D eigenvalue weighted by molar-refractivity contribution is 5.78. The zero-order chi connectivity index (χ0) is 11.9. The molecule has 1 aromatic rings. The van der Waals surface area contributed by atoms with Crippen molar-refractivity contribution in [3.8, 4) is 0 Å². The molecule has 0 unspecified atom stereocenters. The molecule has 0 spiro atoms. The Morgan fingerprint density at radius 1 is 1.44 bits per heavy atom. The van der Waals surface area contributed by atoms with Crippen LogP contribution in [0.25, 0.3) is 0 Å². The molecule has 0 saturated heterocycles. The van der Waals surface area contributed by atoms with E-state index in [0.717, 1.165) is 25.0 Å². The van der Waals surface area contributed by atoms with Crippen LogP contribution in [0.3, 0.4) is 0 Å². The molecule has 1 aliphatic carbocycles. The quantitative estimate of drug-likeness (QED) is 0.768. The van der Waals surface area contributed by atoms with Crippen molar-refractivity contribution in [1.82, 2.24) is 9.97 Å². The normalized spacial score (nSPS) is 14.9. The van der Waals surface area contributed by atoms with Crippen molar-refractivity contribution in [2.75, 3.05) is 0 Å². The third-order valence-electron chi connectivity index (χ3n) is 3.07. The zero-order valence-electron chi connectivity index (χ0n) is 9.33. The summed E-state index contributed by atoms with van der Waals surface area (Å²) in [5.74, 6) is -0.751. The van der Waals surface area contributed by atoms with Crippen molar-refractivity contribution in [1.29, 1.82) is 0 Å². The molecule has 0 aromatic carbocycles. The summed E-state index contributed by atoms with van der Waals surface area (Å²) < 4.78 is 0. The third kappa shape index (κ3) is 1.52. The fourth-order valence-electron chi connectivity index (χ4n) is 1.84. The lowest BCUT2D eigenvalue weighted by atomic mass is 9.92. The highest BCUT2D eigenvalue weighted by Crippen LogP contribution is 2.22. The minimum atomic E-state index is -1.16. The van der Waals surface area contributed by atoms with Crippen LogP contribution in [0.15, 0.2) is 4.79 Å². The molecule has 1 aromatic heterocycles. The van der Waals surface area contributed by atoms with Crippen LogP contribution in [-0.2, 0) is 23.1 Å². The second-order valence-corrected chi connectivity index (χ2v) is 4.62. The fraction of sp³-hybridized carbons (Fsp3) is 0.545. The molecule has 2 N–H and O–H groups in total.